The van der Waals surface area contributed by atoms with Gasteiger partial charge in [0.25, 0.3) is 17.2 Å². The highest BCUT2D eigenvalue weighted by molar-refractivity contribution is 6.71. The minimum atomic E-state index is -3.16. The highest BCUT2D eigenvalue weighted by Crippen LogP contribution is 2.60. The van der Waals surface area contributed by atoms with Gasteiger partial charge in [0.2, 0.25) is 5.91 Å². The molecule has 4 aromatic carbocycles. The summed E-state index contributed by atoms with van der Waals surface area (Å²) in [6, 6.07) is 27.9. The van der Waals surface area contributed by atoms with Gasteiger partial charge in [0.1, 0.15) is 0 Å². The fourth-order valence-corrected chi connectivity index (χ4v) is 10.8. The van der Waals surface area contributed by atoms with E-state index in [0.717, 1.165) is 10.9 Å². The van der Waals surface area contributed by atoms with Crippen LogP contribution < -0.4 is 10.5 Å². The molecule has 2 aliphatic heterocycles. The molecule has 2 N–H and O–H groups in total. The first kappa shape index (κ1) is 36.8. The van der Waals surface area contributed by atoms with Gasteiger partial charge >= 0.3 is 0 Å². The van der Waals surface area contributed by atoms with Crippen LogP contribution in [0.5, 0.6) is 0 Å². The molecule has 1 saturated heterocycles. The largest absolute Gasteiger partial charge is 0.432 e. The van der Waals surface area contributed by atoms with E-state index in [2.05, 4.69) is 5.10 Å². The number of aliphatic hydroxyl groups is 1. The SMILES string of the molecule is C[C@@H]1[C@@H]([Si](C)(C)O)[C@H](CC(=O)N(CCO)Cc2ccccc2)O[C@@]12C(=O)N(Cc1ccc(-n3ncc4ccccc4c3=O)cc1)c1ccc([N+](=O)[O-])cc12. The molecule has 0 aliphatic carbocycles. The van der Waals surface area contributed by atoms with Crippen molar-refractivity contribution in [3.63, 3.8) is 0 Å². The first-order valence-corrected chi connectivity index (χ1v) is 20.9. The van der Waals surface area contributed by atoms with E-state index in [1.165, 1.54) is 26.6 Å². The molecular weight excluding hydrogens is 707 g/mol. The molecule has 278 valence electrons. The Hall–Kier alpha value is -5.54. The second-order valence-corrected chi connectivity index (χ2v) is 18.5. The van der Waals surface area contributed by atoms with Crippen molar-refractivity contribution in [3.05, 3.63) is 140 Å². The van der Waals surface area contributed by atoms with Gasteiger partial charge in [-0.1, -0.05) is 67.6 Å². The molecule has 1 fully saturated rings. The predicted octanol–water partition coefficient (Wildman–Crippen LogP) is 5.05. The smallest absolute Gasteiger partial charge is 0.279 e. The molecule has 2 amide bonds. The Morgan fingerprint density at radius 1 is 1.00 bits per heavy atom. The standard InChI is InChI=1S/C40H41N5O8Si/c1-26-37(54(2,3)52)35(22-36(47)42(19-20-46)24-27-9-5-4-6-10-27)53-40(26)33-21-31(45(50)51)17-18-34(33)43(39(40)49)25-28-13-15-30(16-14-28)44-38(48)32-12-8-7-11-29(32)23-41-44/h4-18,21,23,26,35,37,46,52H,19-20,22,24-25H2,1-3H3/t26-,35+,37-,40+/m1/s1. The normalized spacial score (nSPS) is 20.8. The van der Waals surface area contributed by atoms with Crippen molar-refractivity contribution in [3.8, 4) is 5.69 Å². The zero-order valence-electron chi connectivity index (χ0n) is 30.2. The Balaban J connectivity index is 1.22. The molecule has 1 spiro atoms. The third-order valence-corrected chi connectivity index (χ3v) is 13.2. The zero-order chi connectivity index (χ0) is 38.4. The molecule has 0 unspecified atom stereocenters. The van der Waals surface area contributed by atoms with Crippen LogP contribution in [0.1, 0.15) is 30.0 Å². The topological polar surface area (TPSA) is 168 Å². The number of anilines is 1. The molecule has 0 saturated carbocycles. The molecule has 5 aromatic rings. The van der Waals surface area contributed by atoms with Crippen molar-refractivity contribution in [2.24, 2.45) is 5.92 Å². The number of hydrogen-bond donors (Lipinski definition) is 2. The van der Waals surface area contributed by atoms with Crippen molar-refractivity contribution in [1.29, 1.82) is 0 Å². The van der Waals surface area contributed by atoms with Crippen LogP contribution in [0.25, 0.3) is 16.5 Å². The molecule has 4 atom stereocenters. The number of fused-ring (bicyclic) bond motifs is 3. The van der Waals surface area contributed by atoms with Gasteiger partial charge in [0.15, 0.2) is 13.9 Å². The number of nitrogens with zero attached hydrogens (tertiary/aromatic N) is 5. The fourth-order valence-electron chi connectivity index (χ4n) is 8.25. The maximum absolute atomic E-state index is 14.9. The number of aromatic nitrogens is 2. The second-order valence-electron chi connectivity index (χ2n) is 14.6. The van der Waals surface area contributed by atoms with Crippen LogP contribution in [0.4, 0.5) is 11.4 Å². The summed E-state index contributed by atoms with van der Waals surface area (Å²) >= 11 is 0. The summed E-state index contributed by atoms with van der Waals surface area (Å²) < 4.78 is 8.10. The first-order chi connectivity index (χ1) is 25.8. The quantitative estimate of drug-likeness (QED) is 0.107. The minimum Gasteiger partial charge on any atom is -0.432 e. The molecule has 0 bridgehead atoms. The van der Waals surface area contributed by atoms with Gasteiger partial charge in [-0.15, -0.1) is 0 Å². The second kappa shape index (κ2) is 14.4. The summed E-state index contributed by atoms with van der Waals surface area (Å²) in [4.78, 5) is 68.3. The zero-order valence-corrected chi connectivity index (χ0v) is 31.2. The Bertz CT molecular complexity index is 2290. The first-order valence-electron chi connectivity index (χ1n) is 17.8. The van der Waals surface area contributed by atoms with Crippen LogP contribution in [0, 0.1) is 16.0 Å². The van der Waals surface area contributed by atoms with Crippen LogP contribution in [0.15, 0.2) is 108 Å². The van der Waals surface area contributed by atoms with E-state index in [-0.39, 0.29) is 49.8 Å². The summed E-state index contributed by atoms with van der Waals surface area (Å²) in [5.41, 5.74) is 0.0777. The van der Waals surface area contributed by atoms with Crippen LogP contribution >= 0.6 is 0 Å². The number of aliphatic hydroxyl groups excluding tert-OH is 1. The summed E-state index contributed by atoms with van der Waals surface area (Å²) in [7, 11) is -3.16. The van der Waals surface area contributed by atoms with Gasteiger partial charge in [0.05, 0.1) is 53.6 Å². The molecule has 7 rings (SSSR count). The molecular formula is C40H41N5O8Si. The number of nitro groups is 1. The van der Waals surface area contributed by atoms with E-state index in [0.29, 0.717) is 27.9 Å². The summed E-state index contributed by atoms with van der Waals surface area (Å²) in [5.74, 6) is -1.42. The average molecular weight is 748 g/mol. The van der Waals surface area contributed by atoms with E-state index in [1.54, 1.807) is 61.8 Å². The molecule has 3 heterocycles. The highest BCUT2D eigenvalue weighted by Gasteiger charge is 2.66. The van der Waals surface area contributed by atoms with Gasteiger partial charge in [-0.2, -0.15) is 9.78 Å². The monoisotopic (exact) mass is 747 g/mol. The summed E-state index contributed by atoms with van der Waals surface area (Å²) in [5, 5.41) is 27.5. The lowest BCUT2D eigenvalue weighted by Gasteiger charge is -2.32. The van der Waals surface area contributed by atoms with Gasteiger partial charge in [-0.25, -0.2) is 0 Å². The van der Waals surface area contributed by atoms with Crippen molar-refractivity contribution < 1.29 is 29.2 Å². The number of non-ortho nitro benzene ring substituents is 1. The van der Waals surface area contributed by atoms with Crippen molar-refractivity contribution in [1.82, 2.24) is 14.7 Å². The van der Waals surface area contributed by atoms with Crippen LogP contribution in [0.3, 0.4) is 0 Å². The Morgan fingerprint density at radius 2 is 1.70 bits per heavy atom. The predicted molar refractivity (Wildman–Crippen MR) is 204 cm³/mol. The van der Waals surface area contributed by atoms with E-state index in [9.17, 15) is 34.4 Å². The number of hydrogen-bond acceptors (Lipinski definition) is 9. The molecule has 0 radical (unpaired) electrons. The van der Waals surface area contributed by atoms with Gasteiger partial charge in [-0.05, 0) is 48.5 Å². The van der Waals surface area contributed by atoms with Crippen molar-refractivity contribution in [2.45, 2.75) is 56.8 Å². The van der Waals surface area contributed by atoms with Crippen molar-refractivity contribution >= 4 is 42.3 Å². The number of nitro benzene ring substituents is 1. The summed E-state index contributed by atoms with van der Waals surface area (Å²) in [6.07, 6.45) is 0.574. The molecule has 14 heteroatoms. The number of carbonyl (C=O) groups excluding carboxylic acids is 2. The van der Waals surface area contributed by atoms with Crippen molar-refractivity contribution in [2.75, 3.05) is 18.1 Å². The Labute approximate surface area is 312 Å². The lowest BCUT2D eigenvalue weighted by atomic mass is 9.82. The third-order valence-electron chi connectivity index (χ3n) is 10.7. The van der Waals surface area contributed by atoms with Gasteiger partial charge in [-0.3, -0.25) is 24.5 Å². The Morgan fingerprint density at radius 3 is 2.39 bits per heavy atom. The van der Waals surface area contributed by atoms with Crippen LogP contribution in [0.2, 0.25) is 18.6 Å². The third kappa shape index (κ3) is 6.51. The van der Waals surface area contributed by atoms with E-state index >= 15 is 0 Å². The Kier molecular flexibility index (Phi) is 9.79. The van der Waals surface area contributed by atoms with Crippen LogP contribution in [-0.4, -0.2) is 68.9 Å². The molecule has 13 nitrogen and oxygen atoms in total. The molecule has 1 aromatic heterocycles. The van der Waals surface area contributed by atoms with Crippen LogP contribution in [-0.2, 0) is 33.0 Å². The van der Waals surface area contributed by atoms with Gasteiger partial charge < -0.3 is 24.4 Å². The number of amides is 2. The lowest BCUT2D eigenvalue weighted by Crippen LogP contribution is -2.46. The maximum atomic E-state index is 14.9. The number of benzene rings is 4. The fraction of sp³-hybridized carbons (Fsp3) is 0.300. The van der Waals surface area contributed by atoms with E-state index < -0.39 is 42.3 Å². The number of carbonyl (C=O) groups is 2. The van der Waals surface area contributed by atoms with E-state index in [1.807, 2.05) is 49.4 Å². The number of ether oxygens (including phenoxy) is 1. The van der Waals surface area contributed by atoms with Gasteiger partial charge in [0, 0.05) is 47.6 Å². The average Bonchev–Trinajstić information content (AvgIpc) is 3.58. The maximum Gasteiger partial charge on any atom is 0.279 e. The van der Waals surface area contributed by atoms with E-state index in [4.69, 9.17) is 4.74 Å². The molecule has 2 aliphatic rings. The lowest BCUT2D eigenvalue weighted by molar-refractivity contribution is -0.385. The minimum absolute atomic E-state index is 0.0807. The summed E-state index contributed by atoms with van der Waals surface area (Å²) in [6.45, 7) is 5.45. The highest BCUT2D eigenvalue weighted by atomic mass is 28.4. The molecule has 54 heavy (non-hydrogen) atoms. The number of rotatable bonds is 11.